The standard InChI is InChI=1S/C18H17N5O/c1-23-9-8-20-17(23)14-5-3-7-16(11-14)22-18(24)21-15-6-2-4-13(10-15)12-19/h2-7,10-11H,8-9H2,1H3,(H2,21,22,24). The van der Waals surface area contributed by atoms with Crippen molar-refractivity contribution >= 4 is 23.2 Å². The number of anilines is 2. The highest BCUT2D eigenvalue weighted by Gasteiger charge is 2.15. The van der Waals surface area contributed by atoms with Crippen LogP contribution in [0.3, 0.4) is 0 Å². The number of aliphatic imine (C=N–C) groups is 1. The molecule has 120 valence electrons. The number of amides is 2. The van der Waals surface area contributed by atoms with Gasteiger partial charge < -0.3 is 15.5 Å². The van der Waals surface area contributed by atoms with E-state index in [1.54, 1.807) is 24.3 Å². The highest BCUT2D eigenvalue weighted by molar-refractivity contribution is 6.03. The van der Waals surface area contributed by atoms with Crippen molar-refractivity contribution in [1.29, 1.82) is 5.26 Å². The first-order chi connectivity index (χ1) is 11.7. The Bertz CT molecular complexity index is 837. The maximum absolute atomic E-state index is 12.1. The van der Waals surface area contributed by atoms with Crippen molar-refractivity contribution in [3.05, 3.63) is 59.7 Å². The molecular weight excluding hydrogens is 302 g/mol. The van der Waals surface area contributed by atoms with Gasteiger partial charge >= 0.3 is 6.03 Å². The molecule has 6 nitrogen and oxygen atoms in total. The number of carbonyl (C=O) groups excluding carboxylic acids is 1. The molecule has 0 saturated carbocycles. The second-order valence-corrected chi connectivity index (χ2v) is 5.48. The Kier molecular flexibility index (Phi) is 4.43. The lowest BCUT2D eigenvalue weighted by Crippen LogP contribution is -2.24. The fourth-order valence-electron chi connectivity index (χ4n) is 2.54. The first kappa shape index (κ1) is 15.6. The van der Waals surface area contributed by atoms with Crippen molar-refractivity contribution in [3.63, 3.8) is 0 Å². The van der Waals surface area contributed by atoms with Crippen molar-refractivity contribution in [3.8, 4) is 6.07 Å². The number of nitrogens with zero attached hydrogens (tertiary/aromatic N) is 3. The molecule has 2 amide bonds. The molecule has 0 radical (unpaired) electrons. The molecule has 6 heteroatoms. The molecule has 2 aromatic rings. The van der Waals surface area contributed by atoms with E-state index in [0.717, 1.165) is 24.5 Å². The van der Waals surface area contributed by atoms with Crippen molar-refractivity contribution in [2.45, 2.75) is 0 Å². The summed E-state index contributed by atoms with van der Waals surface area (Å²) < 4.78 is 0. The Morgan fingerprint density at radius 1 is 1.17 bits per heavy atom. The zero-order chi connectivity index (χ0) is 16.9. The lowest BCUT2D eigenvalue weighted by Gasteiger charge is -2.15. The number of amidine groups is 1. The van der Waals surface area contributed by atoms with Gasteiger partial charge in [0.2, 0.25) is 0 Å². The number of benzene rings is 2. The molecule has 0 bridgehead atoms. The van der Waals surface area contributed by atoms with E-state index in [9.17, 15) is 4.79 Å². The molecule has 0 aromatic heterocycles. The van der Waals surface area contributed by atoms with Crippen molar-refractivity contribution < 1.29 is 4.79 Å². The molecule has 1 heterocycles. The van der Waals surface area contributed by atoms with E-state index in [1.807, 2.05) is 37.4 Å². The van der Waals surface area contributed by atoms with Gasteiger partial charge in [0.05, 0.1) is 18.2 Å². The van der Waals surface area contributed by atoms with E-state index >= 15 is 0 Å². The average Bonchev–Trinajstić information content (AvgIpc) is 3.01. The number of urea groups is 1. The largest absolute Gasteiger partial charge is 0.358 e. The molecule has 0 spiro atoms. The van der Waals surface area contributed by atoms with Gasteiger partial charge in [-0.3, -0.25) is 4.99 Å². The molecule has 0 fully saturated rings. The van der Waals surface area contributed by atoms with E-state index in [-0.39, 0.29) is 6.03 Å². The molecule has 2 N–H and O–H groups in total. The lowest BCUT2D eigenvalue weighted by atomic mass is 10.1. The zero-order valence-corrected chi connectivity index (χ0v) is 13.3. The molecule has 2 aromatic carbocycles. The summed E-state index contributed by atoms with van der Waals surface area (Å²) in [4.78, 5) is 18.7. The van der Waals surface area contributed by atoms with Crippen LogP contribution in [0, 0.1) is 11.3 Å². The Balaban J connectivity index is 1.69. The first-order valence-corrected chi connectivity index (χ1v) is 7.60. The van der Waals surface area contributed by atoms with Crippen LogP contribution in [-0.4, -0.2) is 36.9 Å². The van der Waals surface area contributed by atoms with Crippen LogP contribution in [0.25, 0.3) is 0 Å². The van der Waals surface area contributed by atoms with Crippen LogP contribution in [0.15, 0.2) is 53.5 Å². The van der Waals surface area contributed by atoms with E-state index in [2.05, 4.69) is 20.5 Å². The topological polar surface area (TPSA) is 80.5 Å². The fraction of sp³-hybridized carbons (Fsp3) is 0.167. The quantitative estimate of drug-likeness (QED) is 0.913. The SMILES string of the molecule is CN1CCN=C1c1cccc(NC(=O)Nc2cccc(C#N)c2)c1. The van der Waals surface area contributed by atoms with E-state index in [1.165, 1.54) is 0 Å². The van der Waals surface area contributed by atoms with Gasteiger partial charge in [0, 0.05) is 30.5 Å². The molecule has 1 aliphatic heterocycles. The maximum atomic E-state index is 12.1. The van der Waals surface area contributed by atoms with Crippen LogP contribution in [0.1, 0.15) is 11.1 Å². The summed E-state index contributed by atoms with van der Waals surface area (Å²) >= 11 is 0. The van der Waals surface area contributed by atoms with Gasteiger partial charge in [-0.15, -0.1) is 0 Å². The monoisotopic (exact) mass is 319 g/mol. The molecular formula is C18H17N5O. The van der Waals surface area contributed by atoms with Crippen LogP contribution < -0.4 is 10.6 Å². The second-order valence-electron chi connectivity index (χ2n) is 5.48. The minimum atomic E-state index is -0.357. The molecule has 24 heavy (non-hydrogen) atoms. The third-order valence-corrected chi connectivity index (χ3v) is 3.69. The van der Waals surface area contributed by atoms with Crippen LogP contribution in [0.4, 0.5) is 16.2 Å². The number of hydrogen-bond donors (Lipinski definition) is 2. The minimum Gasteiger partial charge on any atom is -0.358 e. The number of nitriles is 1. The predicted octanol–water partition coefficient (Wildman–Crippen LogP) is 2.89. The van der Waals surface area contributed by atoms with Gasteiger partial charge in [-0.1, -0.05) is 18.2 Å². The van der Waals surface area contributed by atoms with Gasteiger partial charge in [0.1, 0.15) is 5.84 Å². The van der Waals surface area contributed by atoms with Crippen LogP contribution >= 0.6 is 0 Å². The lowest BCUT2D eigenvalue weighted by molar-refractivity contribution is 0.262. The third kappa shape index (κ3) is 3.52. The Labute approximate surface area is 140 Å². The Morgan fingerprint density at radius 2 is 1.88 bits per heavy atom. The molecule has 0 atom stereocenters. The smallest absolute Gasteiger partial charge is 0.323 e. The summed E-state index contributed by atoms with van der Waals surface area (Å²) in [7, 11) is 2.00. The van der Waals surface area contributed by atoms with Gasteiger partial charge in [0.15, 0.2) is 0 Å². The van der Waals surface area contributed by atoms with Gasteiger partial charge in [0.25, 0.3) is 0 Å². The minimum absolute atomic E-state index is 0.357. The molecule has 0 aliphatic carbocycles. The van der Waals surface area contributed by atoms with Crippen LogP contribution in [0.5, 0.6) is 0 Å². The Morgan fingerprint density at radius 3 is 2.54 bits per heavy atom. The van der Waals surface area contributed by atoms with Gasteiger partial charge in [-0.25, -0.2) is 4.79 Å². The summed E-state index contributed by atoms with van der Waals surface area (Å²) in [5.74, 6) is 0.931. The third-order valence-electron chi connectivity index (χ3n) is 3.69. The normalized spacial score (nSPS) is 13.2. The fourth-order valence-corrected chi connectivity index (χ4v) is 2.54. The summed E-state index contributed by atoms with van der Waals surface area (Å²) in [6.07, 6.45) is 0. The summed E-state index contributed by atoms with van der Waals surface area (Å²) in [5, 5.41) is 14.4. The molecule has 3 rings (SSSR count). The maximum Gasteiger partial charge on any atom is 0.323 e. The number of rotatable bonds is 3. The molecule has 1 aliphatic rings. The number of hydrogen-bond acceptors (Lipinski definition) is 4. The predicted molar refractivity (Wildman–Crippen MR) is 94.3 cm³/mol. The van der Waals surface area contributed by atoms with Gasteiger partial charge in [-0.2, -0.15) is 5.26 Å². The number of likely N-dealkylation sites (N-methyl/N-ethyl adjacent to an activating group) is 1. The van der Waals surface area contributed by atoms with Crippen LogP contribution in [-0.2, 0) is 0 Å². The zero-order valence-electron chi connectivity index (χ0n) is 13.3. The van der Waals surface area contributed by atoms with Gasteiger partial charge in [-0.05, 0) is 30.3 Å². The van der Waals surface area contributed by atoms with E-state index in [4.69, 9.17) is 5.26 Å². The summed E-state index contributed by atoms with van der Waals surface area (Å²) in [5.41, 5.74) is 2.73. The summed E-state index contributed by atoms with van der Waals surface area (Å²) in [6.45, 7) is 1.70. The second kappa shape index (κ2) is 6.84. The van der Waals surface area contributed by atoms with Crippen LogP contribution in [0.2, 0.25) is 0 Å². The van der Waals surface area contributed by atoms with Crippen molar-refractivity contribution in [1.82, 2.24) is 4.90 Å². The van der Waals surface area contributed by atoms with Crippen molar-refractivity contribution in [2.75, 3.05) is 30.8 Å². The Hall–Kier alpha value is -3.33. The van der Waals surface area contributed by atoms with E-state index < -0.39 is 0 Å². The molecule has 0 saturated heterocycles. The number of carbonyl (C=O) groups is 1. The average molecular weight is 319 g/mol. The summed E-state index contributed by atoms with van der Waals surface area (Å²) in [6, 6.07) is 16.0. The molecule has 0 unspecified atom stereocenters. The van der Waals surface area contributed by atoms with Crippen molar-refractivity contribution in [2.24, 2.45) is 4.99 Å². The first-order valence-electron chi connectivity index (χ1n) is 7.60. The highest BCUT2D eigenvalue weighted by Crippen LogP contribution is 2.16. The highest BCUT2D eigenvalue weighted by atomic mass is 16.2. The number of nitrogens with one attached hydrogen (secondary N) is 2. The van der Waals surface area contributed by atoms with E-state index in [0.29, 0.717) is 16.9 Å².